The number of rotatable bonds is 5. The largest absolute Gasteiger partial charge is 0.381 e. The number of nitrogens with two attached hydrogens (primary N) is 1. The van der Waals surface area contributed by atoms with Gasteiger partial charge in [-0.15, -0.1) is 0 Å². The van der Waals surface area contributed by atoms with E-state index >= 15 is 0 Å². The lowest BCUT2D eigenvalue weighted by molar-refractivity contribution is 0.116. The van der Waals surface area contributed by atoms with Crippen LogP contribution < -0.4 is 11.1 Å². The van der Waals surface area contributed by atoms with Gasteiger partial charge in [-0.05, 0) is 23.3 Å². The second kappa shape index (κ2) is 6.29. The van der Waals surface area contributed by atoms with Gasteiger partial charge < -0.3 is 11.1 Å². The lowest BCUT2D eigenvalue weighted by Gasteiger charge is -2.12. The molecule has 0 aliphatic rings. The Morgan fingerprint density at radius 1 is 0.947 bits per heavy atom. The predicted octanol–water partition coefficient (Wildman–Crippen LogP) is 3.56. The maximum absolute atomic E-state index is 12.4. The van der Waals surface area contributed by atoms with Gasteiger partial charge in [0.2, 0.25) is 0 Å². The molecule has 4 heteroatoms. The van der Waals surface area contributed by atoms with E-state index in [1.807, 2.05) is 30.3 Å². The van der Waals surface area contributed by atoms with Crippen molar-refractivity contribution in [2.75, 3.05) is 5.32 Å². The van der Waals surface area contributed by atoms with Gasteiger partial charge in [0, 0.05) is 12.2 Å². The van der Waals surface area contributed by atoms with Crippen LogP contribution in [0.3, 0.4) is 0 Å². The molecule has 0 aliphatic heterocycles. The molecule has 0 fully saturated rings. The molecule has 1 atom stereocenters. The molecule has 2 nitrogen and oxygen atoms in total. The van der Waals surface area contributed by atoms with Gasteiger partial charge in [0.15, 0.2) is 0 Å². The van der Waals surface area contributed by atoms with Gasteiger partial charge in [0.25, 0.3) is 6.43 Å². The highest BCUT2D eigenvalue weighted by Gasteiger charge is 2.16. The second-order valence-corrected chi connectivity index (χ2v) is 4.32. The number of hydrogen-bond acceptors (Lipinski definition) is 2. The van der Waals surface area contributed by atoms with Crippen molar-refractivity contribution in [2.24, 2.45) is 5.73 Å². The molecule has 100 valence electrons. The minimum atomic E-state index is -2.54. The van der Waals surface area contributed by atoms with E-state index in [-0.39, 0.29) is 0 Å². The van der Waals surface area contributed by atoms with Crippen LogP contribution in [0.1, 0.15) is 17.2 Å². The lowest BCUT2D eigenvalue weighted by atomic mass is 10.1. The van der Waals surface area contributed by atoms with Crippen LogP contribution in [0.2, 0.25) is 0 Å². The molecule has 0 aromatic heterocycles. The number of halogens is 2. The van der Waals surface area contributed by atoms with Gasteiger partial charge in [-0.2, -0.15) is 0 Å². The number of benzene rings is 2. The van der Waals surface area contributed by atoms with Gasteiger partial charge in [0.1, 0.15) is 0 Å². The summed E-state index contributed by atoms with van der Waals surface area (Å²) in [5, 5.41) is 3.23. The Bertz CT molecular complexity index is 497. The van der Waals surface area contributed by atoms with Crippen molar-refractivity contribution in [3.8, 4) is 0 Å². The molecular weight excluding hydrogens is 246 g/mol. The summed E-state index contributed by atoms with van der Waals surface area (Å²) in [7, 11) is 0. The van der Waals surface area contributed by atoms with Crippen molar-refractivity contribution >= 4 is 5.69 Å². The molecule has 0 heterocycles. The van der Waals surface area contributed by atoms with Gasteiger partial charge in [-0.3, -0.25) is 0 Å². The van der Waals surface area contributed by atoms with Crippen molar-refractivity contribution in [3.63, 3.8) is 0 Å². The number of nitrogens with one attached hydrogen (secondary N) is 1. The average Bonchev–Trinajstić information content (AvgIpc) is 2.46. The summed E-state index contributed by atoms with van der Waals surface area (Å²) in [6.07, 6.45) is -2.54. The third-order valence-corrected chi connectivity index (χ3v) is 2.91. The first-order chi connectivity index (χ1) is 9.16. The molecule has 0 aliphatic carbocycles. The molecule has 19 heavy (non-hydrogen) atoms. The van der Waals surface area contributed by atoms with Crippen molar-refractivity contribution in [2.45, 2.75) is 19.0 Å². The maximum Gasteiger partial charge on any atom is 0.257 e. The van der Waals surface area contributed by atoms with Crippen molar-refractivity contribution < 1.29 is 8.78 Å². The van der Waals surface area contributed by atoms with Gasteiger partial charge >= 0.3 is 0 Å². The predicted molar refractivity (Wildman–Crippen MR) is 73.1 cm³/mol. The Kier molecular flexibility index (Phi) is 4.47. The normalized spacial score (nSPS) is 12.4. The number of alkyl halides is 2. The summed E-state index contributed by atoms with van der Waals surface area (Å²) >= 11 is 0. The van der Waals surface area contributed by atoms with Crippen LogP contribution in [0.15, 0.2) is 54.6 Å². The van der Waals surface area contributed by atoms with E-state index in [2.05, 4.69) is 5.32 Å². The van der Waals surface area contributed by atoms with E-state index < -0.39 is 12.5 Å². The topological polar surface area (TPSA) is 38.0 Å². The van der Waals surface area contributed by atoms with Gasteiger partial charge in [0.05, 0.1) is 6.04 Å². The maximum atomic E-state index is 12.4. The summed E-state index contributed by atoms with van der Waals surface area (Å²) in [6, 6.07) is 15.5. The first kappa shape index (κ1) is 13.5. The summed E-state index contributed by atoms with van der Waals surface area (Å²) in [4.78, 5) is 0. The zero-order valence-electron chi connectivity index (χ0n) is 10.4. The minimum absolute atomic E-state index is 0.445. The van der Waals surface area contributed by atoms with Crippen LogP contribution in [0.4, 0.5) is 14.5 Å². The summed E-state index contributed by atoms with van der Waals surface area (Å²) < 4.78 is 24.9. The van der Waals surface area contributed by atoms with Crippen LogP contribution in [-0.2, 0) is 6.54 Å². The molecule has 3 N–H and O–H groups in total. The van der Waals surface area contributed by atoms with Crippen molar-refractivity contribution in [3.05, 3.63) is 65.7 Å². The highest BCUT2D eigenvalue weighted by atomic mass is 19.3. The van der Waals surface area contributed by atoms with E-state index in [0.717, 1.165) is 11.3 Å². The first-order valence-electron chi connectivity index (χ1n) is 6.08. The summed E-state index contributed by atoms with van der Waals surface area (Å²) in [6.45, 7) is 0.696. The molecule has 0 spiro atoms. The van der Waals surface area contributed by atoms with E-state index in [4.69, 9.17) is 5.73 Å². The lowest BCUT2D eigenvalue weighted by Crippen LogP contribution is -2.18. The van der Waals surface area contributed by atoms with Crippen LogP contribution in [0, 0.1) is 0 Å². The Hall–Kier alpha value is -1.94. The molecule has 2 rings (SSSR count). The Balaban J connectivity index is 1.96. The average molecular weight is 262 g/mol. The Morgan fingerprint density at radius 3 is 2.16 bits per heavy atom. The van der Waals surface area contributed by atoms with E-state index in [1.165, 1.54) is 0 Å². The summed E-state index contributed by atoms with van der Waals surface area (Å²) in [5.41, 5.74) is 7.87. The fourth-order valence-corrected chi connectivity index (χ4v) is 1.77. The molecule has 0 radical (unpaired) electrons. The number of hydrogen-bond donors (Lipinski definition) is 2. The monoisotopic (exact) mass is 262 g/mol. The van der Waals surface area contributed by atoms with Gasteiger partial charge in [-0.1, -0.05) is 42.5 Å². The Morgan fingerprint density at radius 2 is 1.58 bits per heavy atom. The second-order valence-electron chi connectivity index (χ2n) is 4.32. The van der Waals surface area contributed by atoms with Crippen LogP contribution in [-0.4, -0.2) is 6.43 Å². The minimum Gasteiger partial charge on any atom is -0.381 e. The summed E-state index contributed by atoms with van der Waals surface area (Å²) in [5.74, 6) is 0. The first-order valence-corrected chi connectivity index (χ1v) is 6.08. The number of anilines is 1. The quantitative estimate of drug-likeness (QED) is 0.864. The van der Waals surface area contributed by atoms with Crippen molar-refractivity contribution in [1.82, 2.24) is 0 Å². The Labute approximate surface area is 111 Å². The molecule has 2 aromatic rings. The standard InChI is InChI=1S/C15H16F2N2/c16-15(17)14(18)12-6-8-13(9-7-12)19-10-11-4-2-1-3-5-11/h1-9,14-15,19H,10,18H2/t14-/m1/s1. The van der Waals surface area contributed by atoms with Crippen LogP contribution in [0.25, 0.3) is 0 Å². The van der Waals surface area contributed by atoms with E-state index in [9.17, 15) is 8.78 Å². The molecule has 0 bridgehead atoms. The molecule has 0 amide bonds. The van der Waals surface area contributed by atoms with E-state index in [0.29, 0.717) is 12.1 Å². The molecular formula is C15H16F2N2. The third-order valence-electron chi connectivity index (χ3n) is 2.91. The SMILES string of the molecule is N[C@H](c1ccc(NCc2ccccc2)cc1)C(F)F. The molecule has 2 aromatic carbocycles. The highest BCUT2D eigenvalue weighted by Crippen LogP contribution is 2.20. The smallest absolute Gasteiger partial charge is 0.257 e. The molecule has 0 saturated heterocycles. The van der Waals surface area contributed by atoms with E-state index in [1.54, 1.807) is 24.3 Å². The fraction of sp³-hybridized carbons (Fsp3) is 0.200. The fourth-order valence-electron chi connectivity index (χ4n) is 1.77. The highest BCUT2D eigenvalue weighted by molar-refractivity contribution is 5.45. The van der Waals surface area contributed by atoms with Gasteiger partial charge in [-0.25, -0.2) is 8.78 Å². The van der Waals surface area contributed by atoms with Crippen LogP contribution in [0.5, 0.6) is 0 Å². The van der Waals surface area contributed by atoms with Crippen LogP contribution >= 0.6 is 0 Å². The zero-order valence-corrected chi connectivity index (χ0v) is 10.4. The zero-order chi connectivity index (χ0) is 13.7. The third kappa shape index (κ3) is 3.76. The molecule has 0 unspecified atom stereocenters. The van der Waals surface area contributed by atoms with Crippen molar-refractivity contribution in [1.29, 1.82) is 0 Å². The molecule has 0 saturated carbocycles.